The number of hydrogen-bond acceptors (Lipinski definition) is 6. The number of anilines is 1. The highest BCUT2D eigenvalue weighted by molar-refractivity contribution is 7.99. The molecule has 7 heteroatoms. The molecule has 2 fully saturated rings. The van der Waals surface area contributed by atoms with Gasteiger partial charge in [0.05, 0.1) is 10.5 Å². The first kappa shape index (κ1) is 14.6. The Balaban J connectivity index is 1.70. The van der Waals surface area contributed by atoms with Crippen molar-refractivity contribution in [2.45, 2.75) is 37.8 Å². The van der Waals surface area contributed by atoms with Gasteiger partial charge in [0.2, 0.25) is 0 Å². The number of hydrogen-bond donors (Lipinski definition) is 1. The summed E-state index contributed by atoms with van der Waals surface area (Å²) in [6.07, 6.45) is 4.36. The SMILES string of the molecule is Cc1cc([N+](=O)[O-])cnc1N[C@H]1CCO[C@@]2(CCSC2)C1. The average molecular weight is 309 g/mol. The van der Waals surface area contributed by atoms with Gasteiger partial charge in [-0.1, -0.05) is 0 Å². The van der Waals surface area contributed by atoms with Gasteiger partial charge in [-0.2, -0.15) is 11.8 Å². The molecule has 1 spiro atoms. The molecule has 2 aliphatic rings. The van der Waals surface area contributed by atoms with Crippen LogP contribution in [0.15, 0.2) is 12.3 Å². The number of nitrogens with zero attached hydrogens (tertiary/aromatic N) is 2. The monoisotopic (exact) mass is 309 g/mol. The van der Waals surface area contributed by atoms with E-state index >= 15 is 0 Å². The quantitative estimate of drug-likeness (QED) is 0.683. The predicted octanol–water partition coefficient (Wildman–Crippen LogP) is 2.76. The van der Waals surface area contributed by atoms with Crippen molar-refractivity contribution in [3.63, 3.8) is 0 Å². The third-order valence-corrected chi connectivity index (χ3v) is 5.40. The Labute approximate surface area is 127 Å². The van der Waals surface area contributed by atoms with Gasteiger partial charge in [0.1, 0.15) is 12.0 Å². The van der Waals surface area contributed by atoms with Crippen LogP contribution in [0, 0.1) is 17.0 Å². The standard InChI is InChI=1S/C14H19N3O3S/c1-10-6-12(17(18)19)8-15-13(10)16-11-2-4-20-14(7-11)3-5-21-9-14/h6,8,11H,2-5,7,9H2,1H3,(H,15,16)/t11-,14-/m0/s1. The smallest absolute Gasteiger partial charge is 0.287 e. The summed E-state index contributed by atoms with van der Waals surface area (Å²) in [5.74, 6) is 2.98. The summed E-state index contributed by atoms with van der Waals surface area (Å²) in [7, 11) is 0. The number of ether oxygens (including phenoxy) is 1. The molecule has 0 aliphatic carbocycles. The first-order chi connectivity index (χ1) is 10.1. The van der Waals surface area contributed by atoms with Gasteiger partial charge in [-0.15, -0.1) is 0 Å². The fraction of sp³-hybridized carbons (Fsp3) is 0.643. The lowest BCUT2D eigenvalue weighted by molar-refractivity contribution is -0.385. The van der Waals surface area contributed by atoms with Gasteiger partial charge >= 0.3 is 0 Å². The molecule has 1 aromatic rings. The van der Waals surface area contributed by atoms with E-state index in [1.807, 2.05) is 18.7 Å². The van der Waals surface area contributed by atoms with Gasteiger partial charge in [-0.25, -0.2) is 4.98 Å². The van der Waals surface area contributed by atoms with Gasteiger partial charge in [0.15, 0.2) is 0 Å². The molecule has 0 amide bonds. The molecule has 0 bridgehead atoms. The lowest BCUT2D eigenvalue weighted by Crippen LogP contribution is -2.44. The number of thioether (sulfide) groups is 1. The summed E-state index contributed by atoms with van der Waals surface area (Å²) in [4.78, 5) is 14.5. The fourth-order valence-electron chi connectivity index (χ4n) is 3.02. The van der Waals surface area contributed by atoms with Crippen LogP contribution in [0.4, 0.5) is 11.5 Å². The Morgan fingerprint density at radius 3 is 3.14 bits per heavy atom. The summed E-state index contributed by atoms with van der Waals surface area (Å²) in [5.41, 5.74) is 0.870. The van der Waals surface area contributed by atoms with E-state index in [0.29, 0.717) is 6.04 Å². The summed E-state index contributed by atoms with van der Waals surface area (Å²) < 4.78 is 6.00. The van der Waals surface area contributed by atoms with Crippen molar-refractivity contribution in [2.24, 2.45) is 0 Å². The third kappa shape index (κ3) is 3.13. The maximum Gasteiger partial charge on any atom is 0.287 e. The topological polar surface area (TPSA) is 77.3 Å². The molecule has 6 nitrogen and oxygen atoms in total. The van der Waals surface area contributed by atoms with E-state index in [1.54, 1.807) is 6.07 Å². The molecule has 21 heavy (non-hydrogen) atoms. The van der Waals surface area contributed by atoms with Gasteiger partial charge in [-0.3, -0.25) is 10.1 Å². The van der Waals surface area contributed by atoms with E-state index in [0.717, 1.165) is 43.0 Å². The molecule has 114 valence electrons. The number of pyridine rings is 1. The Morgan fingerprint density at radius 1 is 1.62 bits per heavy atom. The van der Waals surface area contributed by atoms with Crippen LogP contribution in [0.5, 0.6) is 0 Å². The van der Waals surface area contributed by atoms with Crippen LogP contribution >= 0.6 is 11.8 Å². The Kier molecular flexibility index (Phi) is 4.03. The largest absolute Gasteiger partial charge is 0.374 e. The molecular formula is C14H19N3O3S. The normalized spacial score (nSPS) is 28.7. The van der Waals surface area contributed by atoms with E-state index in [-0.39, 0.29) is 11.3 Å². The van der Waals surface area contributed by atoms with Crippen LogP contribution in [-0.4, -0.2) is 39.7 Å². The summed E-state index contributed by atoms with van der Waals surface area (Å²) in [5, 5.41) is 14.2. The van der Waals surface area contributed by atoms with E-state index in [4.69, 9.17) is 4.74 Å². The maximum absolute atomic E-state index is 10.8. The highest BCUT2D eigenvalue weighted by Crippen LogP contribution is 2.39. The zero-order valence-corrected chi connectivity index (χ0v) is 12.8. The molecule has 0 unspecified atom stereocenters. The number of aryl methyl sites for hydroxylation is 1. The molecule has 3 heterocycles. The van der Waals surface area contributed by atoms with Crippen molar-refractivity contribution in [1.29, 1.82) is 0 Å². The first-order valence-electron chi connectivity index (χ1n) is 7.17. The number of nitro groups is 1. The Morgan fingerprint density at radius 2 is 2.48 bits per heavy atom. The van der Waals surface area contributed by atoms with E-state index < -0.39 is 4.92 Å². The van der Waals surface area contributed by atoms with Crippen molar-refractivity contribution >= 4 is 23.3 Å². The molecule has 2 aliphatic heterocycles. The minimum atomic E-state index is -0.414. The van der Waals surface area contributed by atoms with Gasteiger partial charge in [-0.05, 0) is 37.5 Å². The molecule has 0 saturated carbocycles. The van der Waals surface area contributed by atoms with Crippen molar-refractivity contribution in [3.05, 3.63) is 27.9 Å². The van der Waals surface area contributed by atoms with Crippen molar-refractivity contribution in [3.8, 4) is 0 Å². The van der Waals surface area contributed by atoms with E-state index in [9.17, 15) is 10.1 Å². The van der Waals surface area contributed by atoms with Gasteiger partial charge in [0, 0.05) is 24.5 Å². The number of nitrogens with one attached hydrogen (secondary N) is 1. The second kappa shape index (κ2) is 5.81. The molecular weight excluding hydrogens is 290 g/mol. The van der Waals surface area contributed by atoms with Crippen LogP contribution in [-0.2, 0) is 4.74 Å². The van der Waals surface area contributed by atoms with Crippen LogP contribution in [0.3, 0.4) is 0 Å². The van der Waals surface area contributed by atoms with Crippen molar-refractivity contribution in [2.75, 3.05) is 23.4 Å². The minimum Gasteiger partial charge on any atom is -0.374 e. The Hall–Kier alpha value is -1.34. The van der Waals surface area contributed by atoms with Crippen LogP contribution < -0.4 is 5.32 Å². The second-order valence-corrected chi connectivity index (χ2v) is 6.89. The molecule has 1 N–H and O–H groups in total. The van der Waals surface area contributed by atoms with Gasteiger partial charge < -0.3 is 10.1 Å². The fourth-order valence-corrected chi connectivity index (χ4v) is 4.40. The highest BCUT2D eigenvalue weighted by atomic mass is 32.2. The minimum absolute atomic E-state index is 0.0231. The van der Waals surface area contributed by atoms with Gasteiger partial charge in [0.25, 0.3) is 5.69 Å². The lowest BCUT2D eigenvalue weighted by atomic mass is 9.90. The van der Waals surface area contributed by atoms with Crippen LogP contribution in [0.2, 0.25) is 0 Å². The molecule has 2 saturated heterocycles. The summed E-state index contributed by atoms with van der Waals surface area (Å²) >= 11 is 1.95. The molecule has 0 aromatic carbocycles. The molecule has 2 atom stereocenters. The van der Waals surface area contributed by atoms with Crippen LogP contribution in [0.25, 0.3) is 0 Å². The summed E-state index contributed by atoms with van der Waals surface area (Å²) in [6.45, 7) is 2.62. The maximum atomic E-state index is 10.8. The number of aromatic nitrogens is 1. The second-order valence-electron chi connectivity index (χ2n) is 5.78. The molecule has 1 aromatic heterocycles. The van der Waals surface area contributed by atoms with Crippen LogP contribution in [0.1, 0.15) is 24.8 Å². The molecule has 3 rings (SSSR count). The predicted molar refractivity (Wildman–Crippen MR) is 82.9 cm³/mol. The van der Waals surface area contributed by atoms with Crippen molar-refractivity contribution < 1.29 is 9.66 Å². The number of rotatable bonds is 3. The lowest BCUT2D eigenvalue weighted by Gasteiger charge is -2.38. The van der Waals surface area contributed by atoms with E-state index in [2.05, 4.69) is 10.3 Å². The first-order valence-corrected chi connectivity index (χ1v) is 8.33. The van der Waals surface area contributed by atoms with E-state index in [1.165, 1.54) is 11.9 Å². The summed E-state index contributed by atoms with van der Waals surface area (Å²) in [6, 6.07) is 1.89. The third-order valence-electron chi connectivity index (χ3n) is 4.18. The Bertz CT molecular complexity index is 546. The highest BCUT2D eigenvalue weighted by Gasteiger charge is 2.40. The van der Waals surface area contributed by atoms with Crippen molar-refractivity contribution in [1.82, 2.24) is 4.98 Å². The zero-order valence-electron chi connectivity index (χ0n) is 12.0. The average Bonchev–Trinajstić information content (AvgIpc) is 2.89. The zero-order chi connectivity index (χ0) is 14.9. The molecule has 0 radical (unpaired) electrons.